The average molecular weight is 382 g/mol. The van der Waals surface area contributed by atoms with E-state index in [9.17, 15) is 22.6 Å². The van der Waals surface area contributed by atoms with Gasteiger partial charge in [-0.3, -0.25) is 4.55 Å². The van der Waals surface area contributed by atoms with Gasteiger partial charge in [0.15, 0.2) is 0 Å². The van der Waals surface area contributed by atoms with Gasteiger partial charge in [-0.05, 0) is 31.0 Å². The van der Waals surface area contributed by atoms with Crippen molar-refractivity contribution in [3.05, 3.63) is 29.3 Å². The Balaban J connectivity index is 0. The quantitative estimate of drug-likeness (QED) is 0.357. The van der Waals surface area contributed by atoms with Crippen molar-refractivity contribution in [2.24, 2.45) is 0 Å². The van der Waals surface area contributed by atoms with Gasteiger partial charge in [0.25, 0.3) is 10.1 Å². The van der Waals surface area contributed by atoms with Crippen molar-refractivity contribution in [2.45, 2.75) is 57.0 Å². The molecule has 1 atom stereocenters. The normalized spacial score (nSPS) is 12.1. The fraction of sp³-hybridized carbons (Fsp3) is 0.500. The number of hydrogen-bond donors (Lipinski definition) is 2. The molecule has 0 aliphatic carbocycles. The zero-order chi connectivity index (χ0) is 18.3. The average Bonchev–Trinajstić information content (AvgIpc) is 2.51. The maximum atomic E-state index is 12.3. The molecule has 0 aliphatic heterocycles. The number of aromatic carboxylic acids is 1. The molecule has 1 unspecified atom stereocenters. The summed E-state index contributed by atoms with van der Waals surface area (Å²) in [5.41, 5.74) is -0.727. The van der Waals surface area contributed by atoms with Crippen molar-refractivity contribution in [1.82, 2.24) is 0 Å². The molecule has 0 fully saturated rings. The number of benzene rings is 1. The molecule has 0 spiro atoms. The van der Waals surface area contributed by atoms with Crippen LogP contribution in [0.4, 0.5) is 0 Å². The van der Waals surface area contributed by atoms with Gasteiger partial charge < -0.3 is 11.3 Å². The van der Waals surface area contributed by atoms with Gasteiger partial charge >= 0.3 is 41.5 Å². The Morgan fingerprint density at radius 3 is 2.32 bits per heavy atom. The molecule has 0 saturated carbocycles. The Bertz CT molecular complexity index is 707. The number of hydrogen-bond acceptors (Lipinski definition) is 5. The van der Waals surface area contributed by atoms with Gasteiger partial charge in [0.2, 0.25) is 0 Å². The zero-order valence-corrected chi connectivity index (χ0v) is 17.5. The summed E-state index contributed by atoms with van der Waals surface area (Å²) in [7, 11) is -4.76. The summed E-state index contributed by atoms with van der Waals surface area (Å²) in [6.07, 6.45) is 3.54. The van der Waals surface area contributed by atoms with Crippen LogP contribution in [0.2, 0.25) is 0 Å². The molecule has 1 rings (SSSR count). The number of carboxylic acid groups (broad SMARTS) is 1. The summed E-state index contributed by atoms with van der Waals surface area (Å²) in [6.45, 7) is 3.95. The Labute approximate surface area is 171 Å². The summed E-state index contributed by atoms with van der Waals surface area (Å²) >= 11 is 0. The summed E-state index contributed by atoms with van der Waals surface area (Å²) in [4.78, 5) is 22.5. The second kappa shape index (κ2) is 10.9. The molecule has 0 saturated heterocycles. The van der Waals surface area contributed by atoms with Gasteiger partial charge in [-0.2, -0.15) is 8.42 Å². The molecule has 25 heavy (non-hydrogen) atoms. The van der Waals surface area contributed by atoms with E-state index in [0.29, 0.717) is 12.8 Å². The first kappa shape index (κ1) is 24.1. The Morgan fingerprint density at radius 2 is 1.84 bits per heavy atom. The van der Waals surface area contributed by atoms with E-state index < -0.39 is 27.0 Å². The minimum Gasteiger partial charge on any atom is -1.00 e. The maximum Gasteiger partial charge on any atom is 1.00 e. The number of carbonyl (C=O) groups excluding carboxylic acids is 1. The Kier molecular flexibility index (Phi) is 10.5. The fourth-order valence-electron chi connectivity index (χ4n) is 2.27. The van der Waals surface area contributed by atoms with Crippen LogP contribution in [0.5, 0.6) is 0 Å². The summed E-state index contributed by atoms with van der Waals surface area (Å²) < 4.78 is 37.6. The van der Waals surface area contributed by atoms with E-state index in [0.717, 1.165) is 37.5 Å². The van der Waals surface area contributed by atoms with Gasteiger partial charge in [0.05, 0.1) is 11.1 Å². The van der Waals surface area contributed by atoms with Crippen molar-refractivity contribution in [3.63, 3.8) is 0 Å². The third-order valence-electron chi connectivity index (χ3n) is 3.49. The largest absolute Gasteiger partial charge is 1.00 e. The molecule has 2 N–H and O–H groups in total. The molecule has 9 heteroatoms. The van der Waals surface area contributed by atoms with E-state index in [1.807, 2.05) is 13.8 Å². The number of carboxylic acids is 1. The van der Waals surface area contributed by atoms with Gasteiger partial charge in [0, 0.05) is 0 Å². The van der Waals surface area contributed by atoms with Crippen LogP contribution in [0.1, 0.15) is 68.1 Å². The summed E-state index contributed by atoms with van der Waals surface area (Å²) in [5, 5.41) is 8.92. The van der Waals surface area contributed by atoms with Crippen LogP contribution in [0.15, 0.2) is 23.1 Å². The van der Waals surface area contributed by atoms with Gasteiger partial charge in [-0.25, -0.2) is 9.59 Å². The molecular weight excluding hydrogens is 359 g/mol. The van der Waals surface area contributed by atoms with Crippen molar-refractivity contribution in [2.75, 3.05) is 0 Å². The molecule has 0 aliphatic rings. The van der Waals surface area contributed by atoms with Crippen LogP contribution in [-0.4, -0.2) is 36.1 Å². The molecule has 1 aromatic rings. The van der Waals surface area contributed by atoms with Crippen molar-refractivity contribution in [1.29, 1.82) is 0 Å². The van der Waals surface area contributed by atoms with E-state index in [-0.39, 0.29) is 48.2 Å². The van der Waals surface area contributed by atoms with Crippen LogP contribution in [-0.2, 0) is 14.9 Å². The first-order valence-corrected chi connectivity index (χ1v) is 9.20. The van der Waals surface area contributed by atoms with E-state index in [2.05, 4.69) is 0 Å². The third-order valence-corrected chi connectivity index (χ3v) is 4.38. The molecule has 1 aromatic carbocycles. The summed E-state index contributed by atoms with van der Waals surface area (Å²) in [5.74, 6) is -2.26. The van der Waals surface area contributed by atoms with E-state index in [1.54, 1.807) is 0 Å². The molecule has 0 radical (unpaired) electrons. The zero-order valence-electron chi connectivity index (χ0n) is 15.7. The second-order valence-corrected chi connectivity index (χ2v) is 6.84. The number of carbonyl (C=O) groups is 2. The van der Waals surface area contributed by atoms with Crippen LogP contribution < -0.4 is 29.6 Å². The predicted octanol–water partition coefficient (Wildman–Crippen LogP) is 0.264. The van der Waals surface area contributed by atoms with Gasteiger partial charge in [-0.15, -0.1) is 0 Å². The number of esters is 1. The van der Waals surface area contributed by atoms with E-state index >= 15 is 0 Å². The molecule has 0 amide bonds. The standard InChI is InChI=1S/C16H22O7S.Na.H/c1-3-5-7-12(6-4-2)23-16(19)13-9-8-11(15(17)18)10-14(13)24(20,21)22;;/h8-10,12H,3-7H2,1-2H3,(H,17,18)(H,20,21,22);;/q;+1;-1. The number of ether oxygens (including phenoxy) is 1. The van der Waals surface area contributed by atoms with E-state index in [1.165, 1.54) is 0 Å². The van der Waals surface area contributed by atoms with Crippen LogP contribution in [0, 0.1) is 0 Å². The first-order chi connectivity index (χ1) is 11.2. The smallest absolute Gasteiger partial charge is 1.00 e. The Morgan fingerprint density at radius 1 is 1.20 bits per heavy atom. The molecule has 136 valence electrons. The summed E-state index contributed by atoms with van der Waals surface area (Å²) in [6, 6.07) is 2.88. The van der Waals surface area contributed by atoms with Crippen molar-refractivity contribution < 1.29 is 63.4 Å². The number of rotatable bonds is 9. The monoisotopic (exact) mass is 382 g/mol. The molecular formula is C16H23NaO7S. The predicted molar refractivity (Wildman–Crippen MR) is 88.0 cm³/mol. The number of unbranched alkanes of at least 4 members (excludes halogenated alkanes) is 1. The third kappa shape index (κ3) is 7.45. The molecule has 0 heterocycles. The van der Waals surface area contributed by atoms with Crippen LogP contribution in [0.3, 0.4) is 0 Å². The van der Waals surface area contributed by atoms with Crippen LogP contribution in [0.25, 0.3) is 0 Å². The van der Waals surface area contributed by atoms with E-state index in [4.69, 9.17) is 9.84 Å². The second-order valence-electron chi connectivity index (χ2n) is 5.45. The minimum atomic E-state index is -4.76. The van der Waals surface area contributed by atoms with Crippen LogP contribution >= 0.6 is 0 Å². The molecule has 7 nitrogen and oxygen atoms in total. The molecule has 0 bridgehead atoms. The minimum absolute atomic E-state index is 0. The molecule has 0 aromatic heterocycles. The van der Waals surface area contributed by atoms with Crippen molar-refractivity contribution in [3.8, 4) is 0 Å². The topological polar surface area (TPSA) is 118 Å². The first-order valence-electron chi connectivity index (χ1n) is 7.76. The Hall–Kier alpha value is -0.930. The SMILES string of the molecule is CCCCC(CCC)OC(=O)c1ccc(C(=O)O)cc1S(=O)(=O)O.[H-].[Na+]. The fourth-order valence-corrected chi connectivity index (χ4v) is 2.97. The van der Waals surface area contributed by atoms with Gasteiger partial charge in [-0.1, -0.05) is 33.1 Å². The van der Waals surface area contributed by atoms with Crippen molar-refractivity contribution >= 4 is 22.1 Å². The van der Waals surface area contributed by atoms with Gasteiger partial charge in [0.1, 0.15) is 11.0 Å². The maximum absolute atomic E-state index is 12.3.